The smallest absolute Gasteiger partial charge is 0.231 e. The molecule has 0 unspecified atom stereocenters. The molecule has 2 N–H and O–H groups in total. The number of hydrogen-bond acceptors (Lipinski definition) is 5. The van der Waals surface area contributed by atoms with E-state index in [0.29, 0.717) is 6.61 Å². The molecule has 2 rings (SSSR count). The third kappa shape index (κ3) is 4.02. The fraction of sp³-hybridized carbons (Fsp3) is 0.600. The molecule has 0 aliphatic carbocycles. The molecule has 1 aliphatic heterocycles. The Labute approximate surface area is 119 Å². The van der Waals surface area contributed by atoms with E-state index in [1.54, 1.807) is 0 Å². The summed E-state index contributed by atoms with van der Waals surface area (Å²) in [5.41, 5.74) is 1.08. The summed E-state index contributed by atoms with van der Waals surface area (Å²) in [6.45, 7) is 1.96. The van der Waals surface area contributed by atoms with Crippen LogP contribution >= 0.6 is 0 Å². The Hall–Kier alpha value is -1.46. The molecule has 1 aromatic rings. The van der Waals surface area contributed by atoms with E-state index in [2.05, 4.69) is 5.32 Å². The quantitative estimate of drug-likeness (QED) is 0.679. The molecule has 0 bridgehead atoms. The van der Waals surface area contributed by atoms with Crippen LogP contribution in [0.25, 0.3) is 0 Å². The Morgan fingerprint density at radius 3 is 2.65 bits per heavy atom. The molecule has 112 valence electrons. The lowest BCUT2D eigenvalue weighted by Crippen LogP contribution is -2.08. The van der Waals surface area contributed by atoms with E-state index in [1.807, 2.05) is 19.2 Å². The molecule has 0 aromatic heterocycles. The normalized spacial score (nSPS) is 12.7. The maximum Gasteiger partial charge on any atom is 0.231 e. The molecule has 0 radical (unpaired) electrons. The minimum Gasteiger partial charge on any atom is -0.493 e. The fourth-order valence-corrected chi connectivity index (χ4v) is 2.18. The van der Waals surface area contributed by atoms with Gasteiger partial charge in [0.15, 0.2) is 11.5 Å². The zero-order valence-electron chi connectivity index (χ0n) is 12.0. The second-order valence-electron chi connectivity index (χ2n) is 4.83. The Morgan fingerprint density at radius 2 is 1.90 bits per heavy atom. The lowest BCUT2D eigenvalue weighted by atomic mass is 10.1. The Morgan fingerprint density at radius 1 is 1.15 bits per heavy atom. The monoisotopic (exact) mass is 281 g/mol. The molecule has 5 heteroatoms. The van der Waals surface area contributed by atoms with Crippen molar-refractivity contribution in [1.29, 1.82) is 0 Å². The summed E-state index contributed by atoms with van der Waals surface area (Å²) in [4.78, 5) is 0. The van der Waals surface area contributed by atoms with Crippen molar-refractivity contribution in [2.24, 2.45) is 0 Å². The van der Waals surface area contributed by atoms with Crippen LogP contribution in [0.5, 0.6) is 17.2 Å². The van der Waals surface area contributed by atoms with Gasteiger partial charge >= 0.3 is 0 Å². The minimum absolute atomic E-state index is 0.273. The van der Waals surface area contributed by atoms with Crippen molar-refractivity contribution in [3.63, 3.8) is 0 Å². The summed E-state index contributed by atoms with van der Waals surface area (Å²) in [5, 5.41) is 11.9. The van der Waals surface area contributed by atoms with Gasteiger partial charge in [0.05, 0.1) is 6.61 Å². The summed E-state index contributed by atoms with van der Waals surface area (Å²) in [6, 6.07) is 3.88. The summed E-state index contributed by atoms with van der Waals surface area (Å²) in [5.74, 6) is 2.39. The van der Waals surface area contributed by atoms with Crippen molar-refractivity contribution < 1.29 is 19.3 Å². The maximum absolute atomic E-state index is 8.72. The van der Waals surface area contributed by atoms with Crippen LogP contribution in [0.2, 0.25) is 0 Å². The van der Waals surface area contributed by atoms with Gasteiger partial charge < -0.3 is 24.6 Å². The number of aliphatic hydroxyl groups is 1. The standard InChI is InChI=1S/C15H23NO4/c1-16-10-12-8-14-15(20-11-19-14)9-13(12)18-7-5-3-2-4-6-17/h8-9,16-17H,2-7,10-11H2,1H3. The van der Waals surface area contributed by atoms with Crippen LogP contribution in [0.3, 0.4) is 0 Å². The highest BCUT2D eigenvalue weighted by molar-refractivity contribution is 5.51. The molecule has 1 aliphatic rings. The fourth-order valence-electron chi connectivity index (χ4n) is 2.18. The van der Waals surface area contributed by atoms with Crippen LogP contribution in [0, 0.1) is 0 Å². The molecule has 1 aromatic carbocycles. The Bertz CT molecular complexity index is 423. The number of ether oxygens (including phenoxy) is 3. The van der Waals surface area contributed by atoms with Gasteiger partial charge in [0.1, 0.15) is 5.75 Å². The third-order valence-electron chi connectivity index (χ3n) is 3.23. The molecule has 0 fully saturated rings. The highest BCUT2D eigenvalue weighted by Crippen LogP contribution is 2.38. The number of nitrogens with one attached hydrogen (secondary N) is 1. The van der Waals surface area contributed by atoms with E-state index in [1.165, 1.54) is 0 Å². The Balaban J connectivity index is 1.89. The lowest BCUT2D eigenvalue weighted by Gasteiger charge is -2.12. The predicted molar refractivity (Wildman–Crippen MR) is 76.4 cm³/mol. The topological polar surface area (TPSA) is 60.0 Å². The number of unbranched alkanes of at least 4 members (excludes halogenated alkanes) is 3. The molecule has 20 heavy (non-hydrogen) atoms. The number of benzene rings is 1. The molecule has 5 nitrogen and oxygen atoms in total. The Kier molecular flexibility index (Phi) is 5.95. The van der Waals surface area contributed by atoms with Crippen molar-refractivity contribution in [3.05, 3.63) is 17.7 Å². The highest BCUT2D eigenvalue weighted by Gasteiger charge is 2.17. The molecule has 0 amide bonds. The number of aliphatic hydroxyl groups excluding tert-OH is 1. The van der Waals surface area contributed by atoms with Crippen molar-refractivity contribution in [2.75, 3.05) is 27.1 Å². The van der Waals surface area contributed by atoms with Crippen LogP contribution in [0.4, 0.5) is 0 Å². The highest BCUT2D eigenvalue weighted by atomic mass is 16.7. The zero-order valence-corrected chi connectivity index (χ0v) is 12.0. The van der Waals surface area contributed by atoms with Crippen LogP contribution in [0.15, 0.2) is 12.1 Å². The molecule has 0 saturated carbocycles. The minimum atomic E-state index is 0.273. The van der Waals surface area contributed by atoms with Crippen LogP contribution in [0.1, 0.15) is 31.2 Å². The largest absolute Gasteiger partial charge is 0.493 e. The third-order valence-corrected chi connectivity index (χ3v) is 3.23. The second kappa shape index (κ2) is 7.97. The summed E-state index contributed by atoms with van der Waals surface area (Å²) < 4.78 is 16.6. The van der Waals surface area contributed by atoms with E-state index < -0.39 is 0 Å². The van der Waals surface area contributed by atoms with Gasteiger partial charge in [-0.05, 0) is 32.4 Å². The molecule has 0 atom stereocenters. The first kappa shape index (κ1) is 14.9. The van der Waals surface area contributed by atoms with Gasteiger partial charge in [0, 0.05) is 24.8 Å². The van der Waals surface area contributed by atoms with Gasteiger partial charge in [-0.2, -0.15) is 0 Å². The summed E-state index contributed by atoms with van der Waals surface area (Å²) in [7, 11) is 1.91. The van der Waals surface area contributed by atoms with Gasteiger partial charge in [0.25, 0.3) is 0 Å². The predicted octanol–water partition coefficient (Wildman–Crippen LogP) is 2.07. The van der Waals surface area contributed by atoms with Gasteiger partial charge in [-0.3, -0.25) is 0 Å². The summed E-state index contributed by atoms with van der Waals surface area (Å²) in [6.07, 6.45) is 3.99. The van der Waals surface area contributed by atoms with E-state index in [0.717, 1.165) is 55.0 Å². The first-order valence-electron chi connectivity index (χ1n) is 7.16. The molecular weight excluding hydrogens is 258 g/mol. The average molecular weight is 281 g/mol. The lowest BCUT2D eigenvalue weighted by molar-refractivity contribution is 0.173. The SMILES string of the molecule is CNCc1cc2c(cc1OCCCCCCO)OCO2. The van der Waals surface area contributed by atoms with E-state index in [4.69, 9.17) is 19.3 Å². The van der Waals surface area contributed by atoms with E-state index in [-0.39, 0.29) is 13.4 Å². The van der Waals surface area contributed by atoms with Crippen LogP contribution < -0.4 is 19.5 Å². The van der Waals surface area contributed by atoms with Crippen molar-refractivity contribution in [3.8, 4) is 17.2 Å². The number of fused-ring (bicyclic) bond motifs is 1. The molecule has 0 saturated heterocycles. The van der Waals surface area contributed by atoms with Crippen molar-refractivity contribution >= 4 is 0 Å². The maximum atomic E-state index is 8.72. The molecular formula is C15H23NO4. The van der Waals surface area contributed by atoms with Gasteiger partial charge in [0.2, 0.25) is 6.79 Å². The molecule has 0 spiro atoms. The van der Waals surface area contributed by atoms with Crippen LogP contribution in [-0.4, -0.2) is 32.2 Å². The number of hydrogen-bond donors (Lipinski definition) is 2. The van der Waals surface area contributed by atoms with Crippen molar-refractivity contribution in [2.45, 2.75) is 32.2 Å². The van der Waals surface area contributed by atoms with Gasteiger partial charge in [-0.15, -0.1) is 0 Å². The van der Waals surface area contributed by atoms with E-state index in [9.17, 15) is 0 Å². The van der Waals surface area contributed by atoms with Crippen LogP contribution in [-0.2, 0) is 6.54 Å². The van der Waals surface area contributed by atoms with Gasteiger partial charge in [-0.1, -0.05) is 6.42 Å². The van der Waals surface area contributed by atoms with Crippen molar-refractivity contribution in [1.82, 2.24) is 5.32 Å². The number of rotatable bonds is 9. The first-order chi connectivity index (χ1) is 9.85. The van der Waals surface area contributed by atoms with E-state index >= 15 is 0 Å². The van der Waals surface area contributed by atoms with Gasteiger partial charge in [-0.25, -0.2) is 0 Å². The average Bonchev–Trinajstić information content (AvgIpc) is 2.90. The second-order valence-corrected chi connectivity index (χ2v) is 4.83. The molecule has 1 heterocycles. The first-order valence-corrected chi connectivity index (χ1v) is 7.16. The summed E-state index contributed by atoms with van der Waals surface area (Å²) >= 11 is 0. The zero-order chi connectivity index (χ0) is 14.2.